The quantitative estimate of drug-likeness (QED) is 0.787. The molecule has 0 saturated carbocycles. The van der Waals surface area contributed by atoms with Gasteiger partial charge in [0.05, 0.1) is 12.3 Å². The van der Waals surface area contributed by atoms with Crippen LogP contribution in [0.2, 0.25) is 0 Å². The number of aromatic nitrogens is 1. The summed E-state index contributed by atoms with van der Waals surface area (Å²) in [5, 5.41) is 14.6. The Labute approximate surface area is 115 Å². The van der Waals surface area contributed by atoms with Crippen molar-refractivity contribution in [2.24, 2.45) is 0 Å². The van der Waals surface area contributed by atoms with Crippen LogP contribution in [0.5, 0.6) is 5.75 Å². The molecule has 0 radical (unpaired) electrons. The molecule has 0 aliphatic rings. The van der Waals surface area contributed by atoms with E-state index < -0.39 is 0 Å². The maximum atomic E-state index is 9.45. The van der Waals surface area contributed by atoms with E-state index in [4.69, 9.17) is 4.74 Å². The smallest absolute Gasteiger partial charge is 0.123 e. The fourth-order valence-electron chi connectivity index (χ4n) is 2.02. The van der Waals surface area contributed by atoms with Crippen LogP contribution in [0.3, 0.4) is 0 Å². The summed E-state index contributed by atoms with van der Waals surface area (Å²) in [6, 6.07) is 11.5. The van der Waals surface area contributed by atoms with Crippen LogP contribution in [0.25, 0.3) is 21.3 Å². The van der Waals surface area contributed by atoms with Gasteiger partial charge in [0, 0.05) is 18.1 Å². The highest BCUT2D eigenvalue weighted by Gasteiger charge is 2.05. The Bertz CT molecular complexity index is 721. The summed E-state index contributed by atoms with van der Waals surface area (Å²) in [6.07, 6.45) is 0. The number of ether oxygens (including phenoxy) is 1. The number of hydrogen-bond acceptors (Lipinski definition) is 4. The van der Waals surface area contributed by atoms with Gasteiger partial charge < -0.3 is 9.84 Å². The lowest BCUT2D eigenvalue weighted by Gasteiger charge is -2.01. The Hall–Kier alpha value is -1.91. The van der Waals surface area contributed by atoms with Crippen LogP contribution in [-0.4, -0.2) is 17.2 Å². The van der Waals surface area contributed by atoms with Gasteiger partial charge in [-0.3, -0.25) is 0 Å². The van der Waals surface area contributed by atoms with Crippen molar-refractivity contribution in [1.82, 2.24) is 4.98 Å². The van der Waals surface area contributed by atoms with Crippen molar-refractivity contribution in [3.05, 3.63) is 47.5 Å². The lowest BCUT2D eigenvalue weighted by molar-refractivity contribution is 0.182. The molecule has 96 valence electrons. The number of hydrogen-bond donors (Lipinski definition) is 1. The number of aromatic hydroxyl groups is 1. The number of fused-ring (bicyclic) bond motifs is 1. The Morgan fingerprint density at radius 3 is 2.79 bits per heavy atom. The predicted molar refractivity (Wildman–Crippen MR) is 77.4 cm³/mol. The minimum atomic E-state index is 0.289. The summed E-state index contributed by atoms with van der Waals surface area (Å²) in [5.74, 6) is 0.289. The topological polar surface area (TPSA) is 42.4 Å². The van der Waals surface area contributed by atoms with Crippen molar-refractivity contribution in [3.63, 3.8) is 0 Å². The largest absolute Gasteiger partial charge is 0.508 e. The summed E-state index contributed by atoms with van der Waals surface area (Å²) in [6.45, 7) is 0.540. The molecule has 0 atom stereocenters. The van der Waals surface area contributed by atoms with Crippen LogP contribution in [0, 0.1) is 0 Å². The lowest BCUT2D eigenvalue weighted by atomic mass is 10.1. The van der Waals surface area contributed by atoms with Gasteiger partial charge in [-0.05, 0) is 29.0 Å². The van der Waals surface area contributed by atoms with E-state index >= 15 is 0 Å². The fourth-order valence-corrected chi connectivity index (χ4v) is 2.82. The third-order valence-electron chi connectivity index (χ3n) is 2.91. The van der Waals surface area contributed by atoms with Gasteiger partial charge in [-0.1, -0.05) is 18.2 Å². The molecule has 0 fully saturated rings. The molecule has 0 aliphatic heterocycles. The molecule has 1 aromatic heterocycles. The second kappa shape index (κ2) is 4.99. The number of benzene rings is 2. The van der Waals surface area contributed by atoms with Gasteiger partial charge in [-0.25, -0.2) is 4.98 Å². The third kappa shape index (κ3) is 2.45. The highest BCUT2D eigenvalue weighted by atomic mass is 32.1. The van der Waals surface area contributed by atoms with E-state index in [1.54, 1.807) is 30.6 Å². The molecule has 3 nitrogen and oxygen atoms in total. The maximum Gasteiger partial charge on any atom is 0.123 e. The SMILES string of the molecule is COCc1csc(-c2ccc3cc(O)ccc3c2)n1. The summed E-state index contributed by atoms with van der Waals surface area (Å²) < 4.78 is 5.08. The fraction of sp³-hybridized carbons (Fsp3) is 0.133. The van der Waals surface area contributed by atoms with Gasteiger partial charge in [0.2, 0.25) is 0 Å². The number of thiazole rings is 1. The average Bonchev–Trinajstić information content (AvgIpc) is 2.87. The highest BCUT2D eigenvalue weighted by Crippen LogP contribution is 2.28. The summed E-state index contributed by atoms with van der Waals surface area (Å²) in [4.78, 5) is 4.54. The zero-order valence-corrected chi connectivity index (χ0v) is 11.3. The van der Waals surface area contributed by atoms with Crippen molar-refractivity contribution in [2.75, 3.05) is 7.11 Å². The van der Waals surface area contributed by atoms with Crippen LogP contribution in [0.1, 0.15) is 5.69 Å². The Kier molecular flexibility index (Phi) is 3.19. The second-order valence-corrected chi connectivity index (χ2v) is 5.18. The number of rotatable bonds is 3. The van der Waals surface area contributed by atoms with Gasteiger partial charge in [0.15, 0.2) is 0 Å². The minimum Gasteiger partial charge on any atom is -0.508 e. The van der Waals surface area contributed by atoms with Gasteiger partial charge >= 0.3 is 0 Å². The molecule has 3 aromatic rings. The van der Waals surface area contributed by atoms with E-state index in [1.807, 2.05) is 23.6 Å². The molecule has 0 bridgehead atoms. The third-order valence-corrected chi connectivity index (χ3v) is 3.85. The molecule has 1 N–H and O–H groups in total. The van der Waals surface area contributed by atoms with Gasteiger partial charge in [0.25, 0.3) is 0 Å². The Balaban J connectivity index is 2.02. The molecule has 0 aliphatic carbocycles. The van der Waals surface area contributed by atoms with Crippen LogP contribution in [0.15, 0.2) is 41.8 Å². The van der Waals surface area contributed by atoms with E-state index in [0.29, 0.717) is 6.61 Å². The normalized spacial score (nSPS) is 11.0. The molecule has 0 saturated heterocycles. The van der Waals surface area contributed by atoms with Crippen LogP contribution in [-0.2, 0) is 11.3 Å². The zero-order valence-electron chi connectivity index (χ0n) is 10.5. The summed E-state index contributed by atoms with van der Waals surface area (Å²) in [5.41, 5.74) is 2.04. The lowest BCUT2D eigenvalue weighted by Crippen LogP contribution is -1.87. The first kappa shape index (κ1) is 12.1. The molecular weight excluding hydrogens is 258 g/mol. The van der Waals surface area contributed by atoms with Crippen molar-refractivity contribution < 1.29 is 9.84 Å². The van der Waals surface area contributed by atoms with Crippen molar-refractivity contribution in [1.29, 1.82) is 0 Å². The highest BCUT2D eigenvalue weighted by molar-refractivity contribution is 7.13. The second-order valence-electron chi connectivity index (χ2n) is 4.32. The van der Waals surface area contributed by atoms with Crippen LogP contribution >= 0.6 is 11.3 Å². The minimum absolute atomic E-state index is 0.289. The first-order valence-electron chi connectivity index (χ1n) is 5.93. The Morgan fingerprint density at radius 1 is 1.16 bits per heavy atom. The van der Waals surface area contributed by atoms with Crippen molar-refractivity contribution in [3.8, 4) is 16.3 Å². The van der Waals surface area contributed by atoms with E-state index in [2.05, 4.69) is 11.1 Å². The monoisotopic (exact) mass is 271 g/mol. The summed E-state index contributed by atoms with van der Waals surface area (Å²) in [7, 11) is 1.67. The van der Waals surface area contributed by atoms with Gasteiger partial charge in [0.1, 0.15) is 10.8 Å². The molecule has 0 spiro atoms. The number of phenols is 1. The van der Waals surface area contributed by atoms with Crippen molar-refractivity contribution >= 4 is 22.1 Å². The number of methoxy groups -OCH3 is 1. The molecular formula is C15H13NO2S. The molecule has 2 aromatic carbocycles. The maximum absolute atomic E-state index is 9.45. The molecule has 3 rings (SSSR count). The van der Waals surface area contributed by atoms with Gasteiger partial charge in [-0.2, -0.15) is 0 Å². The zero-order chi connectivity index (χ0) is 13.2. The molecule has 4 heteroatoms. The first-order valence-corrected chi connectivity index (χ1v) is 6.81. The van der Waals surface area contributed by atoms with E-state index in [9.17, 15) is 5.11 Å². The van der Waals surface area contributed by atoms with Crippen LogP contribution in [0.4, 0.5) is 0 Å². The van der Waals surface area contributed by atoms with Crippen molar-refractivity contribution in [2.45, 2.75) is 6.61 Å². The van der Waals surface area contributed by atoms with Gasteiger partial charge in [-0.15, -0.1) is 11.3 Å². The predicted octanol–water partition coefficient (Wildman–Crippen LogP) is 3.82. The average molecular weight is 271 g/mol. The van der Waals surface area contributed by atoms with E-state index in [1.165, 1.54) is 0 Å². The van der Waals surface area contributed by atoms with E-state index in [0.717, 1.165) is 27.0 Å². The molecule has 0 unspecified atom stereocenters. The Morgan fingerprint density at radius 2 is 1.95 bits per heavy atom. The number of nitrogens with zero attached hydrogens (tertiary/aromatic N) is 1. The molecule has 0 amide bonds. The standard InChI is InChI=1S/C15H13NO2S/c1-18-8-13-9-19-15(16-13)12-3-2-11-7-14(17)5-4-10(11)6-12/h2-7,9,17H,8H2,1H3. The first-order chi connectivity index (χ1) is 9.26. The molecule has 1 heterocycles. The van der Waals surface area contributed by atoms with Crippen LogP contribution < -0.4 is 0 Å². The number of phenolic OH excluding ortho intramolecular Hbond substituents is 1. The molecule has 19 heavy (non-hydrogen) atoms. The van der Waals surface area contributed by atoms with E-state index in [-0.39, 0.29) is 5.75 Å². The summed E-state index contributed by atoms with van der Waals surface area (Å²) >= 11 is 1.61.